The van der Waals surface area contributed by atoms with Gasteiger partial charge < -0.3 is 10.0 Å². The van der Waals surface area contributed by atoms with Gasteiger partial charge in [0.1, 0.15) is 0 Å². The minimum atomic E-state index is -4.72. The van der Waals surface area contributed by atoms with E-state index in [1.165, 1.54) is 23.3 Å². The molecule has 0 aromatic carbocycles. The van der Waals surface area contributed by atoms with Crippen molar-refractivity contribution in [2.75, 3.05) is 13.6 Å². The fourth-order valence-electron chi connectivity index (χ4n) is 1.67. The van der Waals surface area contributed by atoms with Crippen molar-refractivity contribution in [1.82, 2.24) is 4.90 Å². The molecule has 3 nitrogen and oxygen atoms in total. The lowest BCUT2D eigenvalue weighted by Crippen LogP contribution is -2.43. The molecule has 0 bridgehead atoms. The monoisotopic (exact) mass is 295 g/mol. The van der Waals surface area contributed by atoms with Crippen LogP contribution < -0.4 is 0 Å². The zero-order valence-corrected chi connectivity index (χ0v) is 11.5. The van der Waals surface area contributed by atoms with Gasteiger partial charge in [0.05, 0.1) is 0 Å². The molecule has 0 fully saturated rings. The second-order valence-electron chi connectivity index (χ2n) is 4.50. The van der Waals surface area contributed by atoms with Crippen LogP contribution in [0.5, 0.6) is 0 Å². The summed E-state index contributed by atoms with van der Waals surface area (Å²) in [6.07, 6.45) is -4.11. The smallest absolute Gasteiger partial charge is 0.403 e. The van der Waals surface area contributed by atoms with E-state index in [4.69, 9.17) is 5.11 Å². The van der Waals surface area contributed by atoms with Crippen LogP contribution >= 0.6 is 11.3 Å². The maximum Gasteiger partial charge on any atom is 0.403 e. The van der Waals surface area contributed by atoms with Crippen molar-refractivity contribution in [2.24, 2.45) is 5.92 Å². The third-order valence-corrected chi connectivity index (χ3v) is 3.89. The summed E-state index contributed by atoms with van der Waals surface area (Å²) in [7, 11) is 1.51. The van der Waals surface area contributed by atoms with Crippen LogP contribution in [0.25, 0.3) is 0 Å². The average molecular weight is 295 g/mol. The highest BCUT2D eigenvalue weighted by Crippen LogP contribution is 2.27. The highest BCUT2D eigenvalue weighted by atomic mass is 32.1. The van der Waals surface area contributed by atoms with Crippen LogP contribution in [-0.4, -0.2) is 41.8 Å². The Balaban J connectivity index is 2.61. The number of aliphatic carboxylic acids is 1. The topological polar surface area (TPSA) is 40.5 Å². The summed E-state index contributed by atoms with van der Waals surface area (Å²) in [6.45, 7) is 1.25. The first-order valence-corrected chi connectivity index (χ1v) is 6.62. The summed E-state index contributed by atoms with van der Waals surface area (Å²) in [4.78, 5) is 13.2. The minimum absolute atomic E-state index is 0.150. The first-order chi connectivity index (χ1) is 8.71. The maximum atomic E-state index is 12.6. The predicted molar refractivity (Wildman–Crippen MR) is 67.3 cm³/mol. The second-order valence-corrected chi connectivity index (χ2v) is 5.54. The van der Waals surface area contributed by atoms with Crippen molar-refractivity contribution in [3.8, 4) is 0 Å². The van der Waals surface area contributed by atoms with Gasteiger partial charge in [-0.3, -0.25) is 4.79 Å². The average Bonchev–Trinajstić information content (AvgIpc) is 2.75. The Morgan fingerprint density at radius 2 is 2.16 bits per heavy atom. The lowest BCUT2D eigenvalue weighted by Gasteiger charge is -2.28. The van der Waals surface area contributed by atoms with Crippen molar-refractivity contribution in [1.29, 1.82) is 0 Å². The molecule has 108 valence electrons. The Morgan fingerprint density at radius 1 is 1.53 bits per heavy atom. The molecule has 2 unspecified atom stereocenters. The third-order valence-electron chi connectivity index (χ3n) is 2.99. The van der Waals surface area contributed by atoms with E-state index in [1.807, 2.05) is 17.5 Å². The number of carbonyl (C=O) groups is 1. The molecule has 0 saturated carbocycles. The molecule has 19 heavy (non-hydrogen) atoms. The van der Waals surface area contributed by atoms with Crippen LogP contribution in [0.1, 0.15) is 11.8 Å². The van der Waals surface area contributed by atoms with Crippen LogP contribution in [0, 0.1) is 5.92 Å². The number of hydrogen-bond donors (Lipinski definition) is 1. The molecule has 0 saturated heterocycles. The van der Waals surface area contributed by atoms with Crippen LogP contribution in [0.2, 0.25) is 0 Å². The van der Waals surface area contributed by atoms with Crippen LogP contribution in [0.15, 0.2) is 17.5 Å². The standard InChI is InChI=1S/C12H16F3NO2S/c1-8(6-9-4-3-5-19-9)16(2)7-10(11(17)18)12(13,14)15/h3-5,8,10H,6-7H2,1-2H3,(H,17,18). The Labute approximate surface area is 113 Å². The largest absolute Gasteiger partial charge is 0.481 e. The van der Waals surface area contributed by atoms with Gasteiger partial charge in [0.2, 0.25) is 0 Å². The molecular weight excluding hydrogens is 279 g/mol. The molecule has 2 atom stereocenters. The zero-order valence-electron chi connectivity index (χ0n) is 10.6. The molecule has 0 aliphatic carbocycles. The molecule has 0 spiro atoms. The lowest BCUT2D eigenvalue weighted by molar-refractivity contribution is -0.196. The second kappa shape index (κ2) is 6.38. The van der Waals surface area contributed by atoms with Crippen molar-refractivity contribution in [3.63, 3.8) is 0 Å². The molecule has 0 radical (unpaired) electrons. The number of carboxylic acids is 1. The van der Waals surface area contributed by atoms with E-state index in [-0.39, 0.29) is 6.04 Å². The molecular formula is C12H16F3NO2S. The number of carboxylic acid groups (broad SMARTS) is 1. The fourth-order valence-corrected chi connectivity index (χ4v) is 2.49. The first-order valence-electron chi connectivity index (χ1n) is 5.74. The van der Waals surface area contributed by atoms with Crippen molar-refractivity contribution in [2.45, 2.75) is 25.6 Å². The fraction of sp³-hybridized carbons (Fsp3) is 0.583. The van der Waals surface area contributed by atoms with Crippen molar-refractivity contribution in [3.05, 3.63) is 22.4 Å². The third kappa shape index (κ3) is 4.83. The summed E-state index contributed by atoms with van der Waals surface area (Å²) in [5.74, 6) is -4.18. The van der Waals surface area contributed by atoms with E-state index >= 15 is 0 Å². The molecule has 1 aromatic heterocycles. The Morgan fingerprint density at radius 3 is 2.58 bits per heavy atom. The maximum absolute atomic E-state index is 12.6. The minimum Gasteiger partial charge on any atom is -0.481 e. The van der Waals surface area contributed by atoms with Crippen LogP contribution in [-0.2, 0) is 11.2 Å². The van der Waals surface area contributed by atoms with E-state index in [0.29, 0.717) is 6.42 Å². The summed E-state index contributed by atoms with van der Waals surface area (Å²) in [6, 6.07) is 3.64. The first kappa shape index (κ1) is 16.0. The molecule has 1 aromatic rings. The van der Waals surface area contributed by atoms with E-state index in [2.05, 4.69) is 0 Å². The molecule has 0 aliphatic heterocycles. The summed E-state index contributed by atoms with van der Waals surface area (Å²) in [5.41, 5.74) is 0. The number of rotatable bonds is 6. The van der Waals surface area contributed by atoms with Gasteiger partial charge in [-0.25, -0.2) is 0 Å². The van der Waals surface area contributed by atoms with Crippen molar-refractivity contribution < 1.29 is 23.1 Å². The van der Waals surface area contributed by atoms with E-state index in [9.17, 15) is 18.0 Å². The zero-order chi connectivity index (χ0) is 14.6. The van der Waals surface area contributed by atoms with Gasteiger partial charge in [-0.2, -0.15) is 13.2 Å². The van der Waals surface area contributed by atoms with Crippen LogP contribution in [0.3, 0.4) is 0 Å². The number of thiophene rings is 1. The summed E-state index contributed by atoms with van der Waals surface area (Å²) >= 11 is 1.53. The highest BCUT2D eigenvalue weighted by molar-refractivity contribution is 7.09. The highest BCUT2D eigenvalue weighted by Gasteiger charge is 2.45. The van der Waals surface area contributed by atoms with Gasteiger partial charge in [-0.05, 0) is 31.8 Å². The SMILES string of the molecule is CC(Cc1cccs1)N(C)CC(C(=O)O)C(F)(F)F. The van der Waals surface area contributed by atoms with Gasteiger partial charge in [0.25, 0.3) is 0 Å². The number of alkyl halides is 3. The van der Waals surface area contributed by atoms with E-state index in [1.54, 1.807) is 6.92 Å². The molecule has 0 amide bonds. The Bertz CT molecular complexity index is 406. The molecule has 7 heteroatoms. The summed E-state index contributed by atoms with van der Waals surface area (Å²) in [5, 5.41) is 10.6. The Kier molecular flexibility index (Phi) is 5.37. The lowest BCUT2D eigenvalue weighted by atomic mass is 10.1. The number of nitrogens with zero attached hydrogens (tertiary/aromatic N) is 1. The van der Waals surface area contributed by atoms with E-state index in [0.717, 1.165) is 4.88 Å². The van der Waals surface area contributed by atoms with Crippen molar-refractivity contribution >= 4 is 17.3 Å². The van der Waals surface area contributed by atoms with Crippen LogP contribution in [0.4, 0.5) is 13.2 Å². The predicted octanol–water partition coefficient (Wildman–Crippen LogP) is 2.87. The quantitative estimate of drug-likeness (QED) is 0.877. The van der Waals surface area contributed by atoms with Gasteiger partial charge in [-0.15, -0.1) is 11.3 Å². The number of halogens is 3. The molecule has 1 N–H and O–H groups in total. The summed E-state index contributed by atoms with van der Waals surface area (Å²) < 4.78 is 37.7. The Hall–Kier alpha value is -1.08. The molecule has 0 aliphatic rings. The van der Waals surface area contributed by atoms with E-state index < -0.39 is 24.6 Å². The number of likely N-dealkylation sites (N-methyl/N-ethyl adjacent to an activating group) is 1. The molecule has 1 heterocycles. The van der Waals surface area contributed by atoms with Gasteiger partial charge in [0.15, 0.2) is 5.92 Å². The van der Waals surface area contributed by atoms with Gasteiger partial charge in [0, 0.05) is 17.5 Å². The number of hydrogen-bond acceptors (Lipinski definition) is 3. The van der Waals surface area contributed by atoms with Gasteiger partial charge >= 0.3 is 12.1 Å². The molecule has 1 rings (SSSR count). The normalized spacial score (nSPS) is 15.5. The van der Waals surface area contributed by atoms with Gasteiger partial charge in [-0.1, -0.05) is 6.07 Å².